The Balaban J connectivity index is 0.000000858. The normalized spacial score (nSPS) is 13.8. The van der Waals surface area contributed by atoms with Gasteiger partial charge in [0.1, 0.15) is 5.82 Å². The molecule has 7 heteroatoms. The van der Waals surface area contributed by atoms with Crippen molar-refractivity contribution in [1.29, 1.82) is 0 Å². The average Bonchev–Trinajstić information content (AvgIpc) is 2.79. The summed E-state index contributed by atoms with van der Waals surface area (Å²) in [5.41, 5.74) is 7.06. The smallest absolute Gasteiger partial charge is 0.355 e. The van der Waals surface area contributed by atoms with Gasteiger partial charge in [-0.05, 0) is 50.3 Å². The summed E-state index contributed by atoms with van der Waals surface area (Å²) >= 11 is 0. The van der Waals surface area contributed by atoms with E-state index in [0.29, 0.717) is 5.92 Å². The van der Waals surface area contributed by atoms with E-state index < -0.39 is 0 Å². The fourth-order valence-electron chi connectivity index (χ4n) is 3.95. The van der Waals surface area contributed by atoms with E-state index in [1.54, 1.807) is 0 Å². The molecule has 0 saturated carbocycles. The van der Waals surface area contributed by atoms with Crippen LogP contribution in [-0.2, 0) is 16.0 Å². The SMILES string of the molecule is Cc1cnc(N2CCC(c3nnc(Cc4ccccc4)c(C)c3C)CC2)cn1.O=C=O. The number of hydrogen-bond acceptors (Lipinski definition) is 7. The number of hydrogen-bond donors (Lipinski definition) is 0. The molecule has 3 aromatic rings. The fraction of sp³-hybridized carbons (Fsp3) is 0.375. The molecule has 0 N–H and O–H groups in total. The van der Waals surface area contributed by atoms with Crippen LogP contribution < -0.4 is 4.90 Å². The van der Waals surface area contributed by atoms with E-state index in [9.17, 15) is 0 Å². The number of aromatic nitrogens is 4. The molecule has 0 amide bonds. The van der Waals surface area contributed by atoms with Gasteiger partial charge in [0.05, 0.1) is 29.5 Å². The van der Waals surface area contributed by atoms with Gasteiger partial charge in [-0.2, -0.15) is 19.8 Å². The lowest BCUT2D eigenvalue weighted by atomic mass is 9.89. The van der Waals surface area contributed by atoms with Crippen LogP contribution in [0, 0.1) is 20.8 Å². The van der Waals surface area contributed by atoms with Crippen LogP contribution in [0.15, 0.2) is 42.7 Å². The Bertz CT molecular complexity index is 1020. The van der Waals surface area contributed by atoms with Gasteiger partial charge in [-0.25, -0.2) is 4.98 Å². The largest absolute Gasteiger partial charge is 0.373 e. The maximum atomic E-state index is 8.12. The number of piperidine rings is 1. The summed E-state index contributed by atoms with van der Waals surface area (Å²) in [6.45, 7) is 8.31. The van der Waals surface area contributed by atoms with Gasteiger partial charge in [0.25, 0.3) is 0 Å². The van der Waals surface area contributed by atoms with E-state index in [1.807, 2.05) is 25.4 Å². The highest BCUT2D eigenvalue weighted by Crippen LogP contribution is 2.31. The molecule has 0 spiro atoms. The van der Waals surface area contributed by atoms with E-state index in [-0.39, 0.29) is 6.15 Å². The number of nitrogens with zero attached hydrogens (tertiary/aromatic N) is 5. The molecule has 1 aromatic carbocycles. The predicted molar refractivity (Wildman–Crippen MR) is 117 cm³/mol. The second-order valence-electron chi connectivity index (χ2n) is 7.80. The molecule has 4 rings (SSSR count). The average molecular weight is 418 g/mol. The lowest BCUT2D eigenvalue weighted by Gasteiger charge is -2.33. The van der Waals surface area contributed by atoms with Crippen LogP contribution >= 0.6 is 0 Å². The van der Waals surface area contributed by atoms with Gasteiger partial charge in [0.15, 0.2) is 0 Å². The Morgan fingerprint density at radius 2 is 1.61 bits per heavy atom. The molecule has 1 aliphatic heterocycles. The quantitative estimate of drug-likeness (QED) is 0.641. The highest BCUT2D eigenvalue weighted by Gasteiger charge is 2.25. The number of anilines is 1. The first-order chi connectivity index (χ1) is 15.0. The molecular weight excluding hydrogens is 390 g/mol. The first-order valence-corrected chi connectivity index (χ1v) is 10.4. The van der Waals surface area contributed by atoms with Crippen LogP contribution in [-0.4, -0.2) is 39.4 Å². The minimum absolute atomic E-state index is 0.250. The summed E-state index contributed by atoms with van der Waals surface area (Å²) in [5.74, 6) is 1.44. The van der Waals surface area contributed by atoms with Gasteiger partial charge in [-0.3, -0.25) is 4.98 Å². The van der Waals surface area contributed by atoms with Crippen molar-refractivity contribution in [3.63, 3.8) is 0 Å². The molecule has 0 atom stereocenters. The molecular formula is C24H27N5O2. The van der Waals surface area contributed by atoms with Crippen molar-refractivity contribution in [3.8, 4) is 0 Å². The van der Waals surface area contributed by atoms with Gasteiger partial charge in [0, 0.05) is 25.4 Å². The second kappa shape index (κ2) is 10.5. The zero-order valence-corrected chi connectivity index (χ0v) is 18.2. The fourth-order valence-corrected chi connectivity index (χ4v) is 3.95. The van der Waals surface area contributed by atoms with Crippen LogP contribution in [0.1, 0.15) is 52.5 Å². The number of aryl methyl sites for hydroxylation is 1. The monoisotopic (exact) mass is 417 g/mol. The summed E-state index contributed by atoms with van der Waals surface area (Å²) in [5, 5.41) is 9.28. The van der Waals surface area contributed by atoms with Crippen molar-refractivity contribution in [2.75, 3.05) is 18.0 Å². The van der Waals surface area contributed by atoms with E-state index >= 15 is 0 Å². The Kier molecular flexibility index (Phi) is 7.57. The zero-order chi connectivity index (χ0) is 22.2. The third-order valence-electron chi connectivity index (χ3n) is 5.85. The van der Waals surface area contributed by atoms with Gasteiger partial charge in [0.2, 0.25) is 0 Å². The van der Waals surface area contributed by atoms with Crippen LogP contribution in [0.4, 0.5) is 5.82 Å². The first-order valence-electron chi connectivity index (χ1n) is 10.4. The minimum Gasteiger partial charge on any atom is -0.355 e. The molecule has 31 heavy (non-hydrogen) atoms. The first kappa shape index (κ1) is 22.2. The maximum absolute atomic E-state index is 8.12. The van der Waals surface area contributed by atoms with Gasteiger partial charge < -0.3 is 4.90 Å². The highest BCUT2D eigenvalue weighted by molar-refractivity contribution is 5.39. The molecule has 0 unspecified atom stereocenters. The molecule has 3 heterocycles. The summed E-state index contributed by atoms with van der Waals surface area (Å²) < 4.78 is 0. The predicted octanol–water partition coefficient (Wildman–Crippen LogP) is 3.58. The van der Waals surface area contributed by atoms with Crippen LogP contribution in [0.25, 0.3) is 0 Å². The number of carbonyl (C=O) groups excluding carboxylic acids is 2. The van der Waals surface area contributed by atoms with E-state index in [1.165, 1.54) is 22.4 Å². The van der Waals surface area contributed by atoms with Crippen LogP contribution in [0.3, 0.4) is 0 Å². The van der Waals surface area contributed by atoms with Crippen molar-refractivity contribution < 1.29 is 9.59 Å². The zero-order valence-electron chi connectivity index (χ0n) is 18.2. The summed E-state index contributed by atoms with van der Waals surface area (Å²) in [6, 6.07) is 10.5. The summed E-state index contributed by atoms with van der Waals surface area (Å²) in [6.07, 6.45) is 6.95. The van der Waals surface area contributed by atoms with Gasteiger partial charge in [-0.15, -0.1) is 0 Å². The molecule has 1 fully saturated rings. The van der Waals surface area contributed by atoms with Crippen molar-refractivity contribution in [2.24, 2.45) is 0 Å². The molecule has 1 aliphatic rings. The van der Waals surface area contributed by atoms with E-state index in [0.717, 1.165) is 49.6 Å². The molecule has 0 bridgehead atoms. The van der Waals surface area contributed by atoms with Crippen molar-refractivity contribution >= 4 is 12.0 Å². The second-order valence-corrected chi connectivity index (χ2v) is 7.80. The van der Waals surface area contributed by atoms with Crippen LogP contribution in [0.5, 0.6) is 0 Å². The lowest BCUT2D eigenvalue weighted by Crippen LogP contribution is -2.34. The van der Waals surface area contributed by atoms with Gasteiger partial charge in [-0.1, -0.05) is 30.3 Å². The summed E-state index contributed by atoms with van der Waals surface area (Å²) in [4.78, 5) is 27.5. The molecule has 0 radical (unpaired) electrons. The Hall–Kier alpha value is -3.44. The maximum Gasteiger partial charge on any atom is 0.373 e. The third-order valence-corrected chi connectivity index (χ3v) is 5.85. The number of rotatable bonds is 4. The molecule has 0 aliphatic carbocycles. The van der Waals surface area contributed by atoms with E-state index in [2.05, 4.69) is 63.2 Å². The van der Waals surface area contributed by atoms with Crippen molar-refractivity contribution in [2.45, 2.75) is 46.0 Å². The Morgan fingerprint density at radius 3 is 2.23 bits per heavy atom. The highest BCUT2D eigenvalue weighted by atomic mass is 16.2. The topological polar surface area (TPSA) is 88.9 Å². The van der Waals surface area contributed by atoms with Crippen LogP contribution in [0.2, 0.25) is 0 Å². The van der Waals surface area contributed by atoms with Crippen molar-refractivity contribution in [1.82, 2.24) is 20.2 Å². The summed E-state index contributed by atoms with van der Waals surface area (Å²) in [7, 11) is 0. The Morgan fingerprint density at radius 1 is 0.935 bits per heavy atom. The molecule has 2 aromatic heterocycles. The number of benzene rings is 1. The molecule has 160 valence electrons. The molecule has 7 nitrogen and oxygen atoms in total. The van der Waals surface area contributed by atoms with Crippen molar-refractivity contribution in [3.05, 3.63) is 76.5 Å². The third kappa shape index (κ3) is 5.58. The molecule has 1 saturated heterocycles. The lowest BCUT2D eigenvalue weighted by molar-refractivity contribution is -0.191. The standard InChI is InChI=1S/C23H27N5.CO2/c1-16-14-25-22(15-24-16)28-11-9-20(10-12-28)23-18(3)17(2)21(26-27-23)13-19-7-5-4-6-8-19;2-1-3/h4-8,14-15,20H,9-13H2,1-3H3;. The van der Waals surface area contributed by atoms with E-state index in [4.69, 9.17) is 9.59 Å². The Labute approximate surface area is 182 Å². The minimum atomic E-state index is 0.250. The van der Waals surface area contributed by atoms with Gasteiger partial charge >= 0.3 is 6.15 Å².